The van der Waals surface area contributed by atoms with E-state index in [-0.39, 0.29) is 17.9 Å². The van der Waals surface area contributed by atoms with Crippen molar-refractivity contribution in [3.8, 4) is 0 Å². The highest BCUT2D eigenvalue weighted by molar-refractivity contribution is 5.91. The van der Waals surface area contributed by atoms with Crippen LogP contribution in [0.4, 0.5) is 0 Å². The third-order valence-electron chi connectivity index (χ3n) is 5.55. The summed E-state index contributed by atoms with van der Waals surface area (Å²) in [7, 11) is 0. The van der Waals surface area contributed by atoms with Crippen molar-refractivity contribution in [3.05, 3.63) is 24.2 Å². The first kappa shape index (κ1) is 18.0. The van der Waals surface area contributed by atoms with E-state index in [2.05, 4.69) is 10.2 Å². The zero-order valence-corrected chi connectivity index (χ0v) is 15.1. The van der Waals surface area contributed by atoms with E-state index in [1.54, 1.807) is 17.0 Å². The number of amides is 2. The Morgan fingerprint density at radius 2 is 1.92 bits per heavy atom. The lowest BCUT2D eigenvalue weighted by molar-refractivity contribution is -0.126. The van der Waals surface area contributed by atoms with Crippen molar-refractivity contribution >= 4 is 11.8 Å². The number of piperazine rings is 1. The number of rotatable bonds is 5. The van der Waals surface area contributed by atoms with E-state index in [1.165, 1.54) is 38.4 Å². The molecule has 2 aliphatic rings. The normalized spacial score (nSPS) is 21.1. The van der Waals surface area contributed by atoms with Gasteiger partial charge in [0, 0.05) is 32.7 Å². The van der Waals surface area contributed by atoms with Gasteiger partial charge in [-0.25, -0.2) is 0 Å². The minimum Gasteiger partial charge on any atom is -0.459 e. The van der Waals surface area contributed by atoms with Crippen LogP contribution in [0.25, 0.3) is 0 Å². The fourth-order valence-electron chi connectivity index (χ4n) is 3.82. The van der Waals surface area contributed by atoms with Crippen LogP contribution in [0.15, 0.2) is 22.8 Å². The molecule has 1 atom stereocenters. The number of hydrogen-bond acceptors (Lipinski definition) is 4. The molecule has 6 heteroatoms. The summed E-state index contributed by atoms with van der Waals surface area (Å²) in [6, 6.07) is 3.27. The summed E-state index contributed by atoms with van der Waals surface area (Å²) in [6.07, 6.45) is 7.91. The van der Waals surface area contributed by atoms with Crippen molar-refractivity contribution in [2.45, 2.75) is 45.1 Å². The second-order valence-corrected chi connectivity index (χ2v) is 7.23. The van der Waals surface area contributed by atoms with Crippen LogP contribution in [-0.4, -0.2) is 60.4 Å². The van der Waals surface area contributed by atoms with Gasteiger partial charge in [-0.1, -0.05) is 19.3 Å². The van der Waals surface area contributed by atoms with E-state index < -0.39 is 0 Å². The molecular weight excluding hydrogens is 318 g/mol. The second kappa shape index (κ2) is 8.52. The maximum Gasteiger partial charge on any atom is 0.289 e. The number of nitrogens with one attached hydrogen (secondary N) is 1. The molecule has 1 aliphatic heterocycles. The molecule has 2 amide bonds. The summed E-state index contributed by atoms with van der Waals surface area (Å²) in [6.45, 7) is 5.44. The minimum atomic E-state index is -0.149. The van der Waals surface area contributed by atoms with Gasteiger partial charge in [0.1, 0.15) is 0 Å². The predicted molar refractivity (Wildman–Crippen MR) is 95.2 cm³/mol. The molecular formula is C19H29N3O3. The largest absolute Gasteiger partial charge is 0.459 e. The molecule has 0 spiro atoms. The molecule has 3 rings (SSSR count). The maximum atomic E-state index is 12.4. The molecule has 2 heterocycles. The van der Waals surface area contributed by atoms with E-state index in [4.69, 9.17) is 4.42 Å². The molecule has 1 N–H and O–H groups in total. The van der Waals surface area contributed by atoms with Crippen molar-refractivity contribution in [1.82, 2.24) is 15.1 Å². The molecule has 1 unspecified atom stereocenters. The monoisotopic (exact) mass is 347 g/mol. The Bertz CT molecular complexity index is 558. The molecule has 1 saturated heterocycles. The van der Waals surface area contributed by atoms with Crippen LogP contribution < -0.4 is 5.32 Å². The quantitative estimate of drug-likeness (QED) is 0.886. The molecule has 0 aromatic carbocycles. The van der Waals surface area contributed by atoms with Gasteiger partial charge in [-0.2, -0.15) is 0 Å². The first-order valence-corrected chi connectivity index (χ1v) is 9.49. The van der Waals surface area contributed by atoms with Gasteiger partial charge in [-0.05, 0) is 37.8 Å². The van der Waals surface area contributed by atoms with Gasteiger partial charge in [0.25, 0.3) is 5.91 Å². The Kier molecular flexibility index (Phi) is 6.13. The summed E-state index contributed by atoms with van der Waals surface area (Å²) < 4.78 is 5.18. The van der Waals surface area contributed by atoms with E-state index in [0.29, 0.717) is 37.9 Å². The smallest absolute Gasteiger partial charge is 0.289 e. The van der Waals surface area contributed by atoms with Crippen LogP contribution in [0, 0.1) is 5.92 Å². The van der Waals surface area contributed by atoms with Crippen molar-refractivity contribution in [3.63, 3.8) is 0 Å². The molecule has 0 bridgehead atoms. The molecule has 1 saturated carbocycles. The number of hydrogen-bond donors (Lipinski definition) is 1. The van der Waals surface area contributed by atoms with Crippen LogP contribution in [0.2, 0.25) is 0 Å². The summed E-state index contributed by atoms with van der Waals surface area (Å²) in [5, 5.41) is 3.13. The average molecular weight is 347 g/mol. The molecule has 138 valence electrons. The van der Waals surface area contributed by atoms with Gasteiger partial charge >= 0.3 is 0 Å². The van der Waals surface area contributed by atoms with Crippen LogP contribution in [-0.2, 0) is 4.79 Å². The van der Waals surface area contributed by atoms with Gasteiger partial charge in [0.05, 0.1) is 12.3 Å². The molecule has 1 aromatic rings. The van der Waals surface area contributed by atoms with Crippen LogP contribution in [0.5, 0.6) is 0 Å². The maximum absolute atomic E-state index is 12.4. The Balaban J connectivity index is 1.42. The second-order valence-electron chi connectivity index (χ2n) is 7.23. The van der Waals surface area contributed by atoms with E-state index in [0.717, 1.165) is 6.54 Å². The zero-order valence-electron chi connectivity index (χ0n) is 15.1. The lowest BCUT2D eigenvalue weighted by Crippen LogP contribution is -2.55. The molecule has 0 radical (unpaired) electrons. The van der Waals surface area contributed by atoms with Gasteiger partial charge < -0.3 is 14.6 Å². The third kappa shape index (κ3) is 4.63. The van der Waals surface area contributed by atoms with Crippen molar-refractivity contribution in [1.29, 1.82) is 0 Å². The number of carbonyl (C=O) groups excluding carboxylic acids is 2. The zero-order chi connectivity index (χ0) is 17.6. The van der Waals surface area contributed by atoms with Crippen molar-refractivity contribution in [2.24, 2.45) is 5.92 Å². The molecule has 25 heavy (non-hydrogen) atoms. The average Bonchev–Trinajstić information content (AvgIpc) is 3.20. The number of nitrogens with zero attached hydrogens (tertiary/aromatic N) is 2. The highest BCUT2D eigenvalue weighted by Crippen LogP contribution is 2.22. The van der Waals surface area contributed by atoms with Gasteiger partial charge in [0.15, 0.2) is 5.76 Å². The van der Waals surface area contributed by atoms with Gasteiger partial charge in [0.2, 0.25) is 5.91 Å². The molecule has 1 aliphatic carbocycles. The Hall–Kier alpha value is -1.82. The minimum absolute atomic E-state index is 0.0703. The highest BCUT2D eigenvalue weighted by Gasteiger charge is 2.29. The topological polar surface area (TPSA) is 65.8 Å². The summed E-state index contributed by atoms with van der Waals surface area (Å²) >= 11 is 0. The number of furan rings is 1. The van der Waals surface area contributed by atoms with Crippen LogP contribution >= 0.6 is 0 Å². The van der Waals surface area contributed by atoms with Gasteiger partial charge in [-0.15, -0.1) is 0 Å². The Morgan fingerprint density at radius 3 is 2.56 bits per heavy atom. The lowest BCUT2D eigenvalue weighted by atomic mass is 9.89. The lowest BCUT2D eigenvalue weighted by Gasteiger charge is -2.37. The molecule has 1 aromatic heterocycles. The van der Waals surface area contributed by atoms with Crippen LogP contribution in [0.1, 0.15) is 49.6 Å². The van der Waals surface area contributed by atoms with Crippen molar-refractivity contribution in [2.75, 3.05) is 32.7 Å². The summed E-state index contributed by atoms with van der Waals surface area (Å²) in [5.41, 5.74) is 0. The summed E-state index contributed by atoms with van der Waals surface area (Å²) in [4.78, 5) is 28.7. The van der Waals surface area contributed by atoms with Gasteiger partial charge in [-0.3, -0.25) is 14.5 Å². The van der Waals surface area contributed by atoms with Crippen LogP contribution in [0.3, 0.4) is 0 Å². The highest BCUT2D eigenvalue weighted by atomic mass is 16.3. The SMILES string of the molecule is CC(C(=O)NCC1CCCCC1)N1CCN(C(=O)c2ccco2)CC1. The fourth-order valence-corrected chi connectivity index (χ4v) is 3.82. The summed E-state index contributed by atoms with van der Waals surface area (Å²) in [5.74, 6) is 1.06. The Labute approximate surface area is 149 Å². The third-order valence-corrected chi connectivity index (χ3v) is 5.55. The fraction of sp³-hybridized carbons (Fsp3) is 0.684. The Morgan fingerprint density at radius 1 is 1.20 bits per heavy atom. The first-order valence-electron chi connectivity index (χ1n) is 9.49. The predicted octanol–water partition coefficient (Wildman–Crippen LogP) is 2.12. The van der Waals surface area contributed by atoms with E-state index in [1.807, 2.05) is 6.92 Å². The first-order chi connectivity index (χ1) is 12.1. The standard InChI is InChI=1S/C19H29N3O3/c1-15(18(23)20-14-16-6-3-2-4-7-16)21-9-11-22(12-10-21)19(24)17-8-5-13-25-17/h5,8,13,15-16H,2-4,6-7,9-12,14H2,1H3,(H,20,23). The molecule has 6 nitrogen and oxygen atoms in total. The van der Waals surface area contributed by atoms with E-state index in [9.17, 15) is 9.59 Å². The van der Waals surface area contributed by atoms with Crippen molar-refractivity contribution < 1.29 is 14.0 Å². The molecule has 2 fully saturated rings. The van der Waals surface area contributed by atoms with E-state index >= 15 is 0 Å². The number of carbonyl (C=O) groups is 2.